The highest BCUT2D eigenvalue weighted by molar-refractivity contribution is 14.0. The Kier molecular flexibility index (Phi) is 11.0. The molecule has 0 saturated carbocycles. The molecule has 1 aromatic carbocycles. The average Bonchev–Trinajstić information content (AvgIpc) is 2.68. The predicted molar refractivity (Wildman–Crippen MR) is 127 cm³/mol. The van der Waals surface area contributed by atoms with Gasteiger partial charge in [0, 0.05) is 44.6 Å². The summed E-state index contributed by atoms with van der Waals surface area (Å²) in [5, 5.41) is 9.31. The summed E-state index contributed by atoms with van der Waals surface area (Å²) in [6, 6.07) is 9.63. The lowest BCUT2D eigenvalue weighted by molar-refractivity contribution is 0.0954. The minimum atomic E-state index is -0.145. The molecule has 29 heavy (non-hydrogen) atoms. The van der Waals surface area contributed by atoms with Crippen molar-refractivity contribution in [1.29, 1.82) is 0 Å². The van der Waals surface area contributed by atoms with Gasteiger partial charge in [0.25, 0.3) is 5.91 Å². The van der Waals surface area contributed by atoms with Crippen LogP contribution >= 0.6 is 24.0 Å². The first kappa shape index (κ1) is 24.7. The van der Waals surface area contributed by atoms with Gasteiger partial charge in [0.15, 0.2) is 5.96 Å². The van der Waals surface area contributed by atoms with E-state index in [4.69, 9.17) is 4.74 Å². The van der Waals surface area contributed by atoms with Gasteiger partial charge in [-0.1, -0.05) is 12.1 Å². The second kappa shape index (κ2) is 13.0. The van der Waals surface area contributed by atoms with Gasteiger partial charge in [0.2, 0.25) is 0 Å². The van der Waals surface area contributed by atoms with E-state index in [-0.39, 0.29) is 36.0 Å². The third kappa shape index (κ3) is 8.68. The second-order valence-electron chi connectivity index (χ2n) is 6.63. The van der Waals surface area contributed by atoms with Crippen LogP contribution in [0.5, 0.6) is 5.75 Å². The quantitative estimate of drug-likeness (QED) is 0.220. The second-order valence-corrected chi connectivity index (χ2v) is 6.63. The summed E-state index contributed by atoms with van der Waals surface area (Å²) in [6.45, 7) is 7.68. The van der Waals surface area contributed by atoms with Crippen molar-refractivity contribution in [3.8, 4) is 5.75 Å². The third-order valence-electron chi connectivity index (χ3n) is 3.88. The summed E-state index contributed by atoms with van der Waals surface area (Å²) < 4.78 is 5.91. The predicted octanol–water partition coefficient (Wildman–Crippen LogP) is 2.89. The number of hydrogen-bond acceptors (Lipinski definition) is 4. The maximum absolute atomic E-state index is 12.0. The average molecular weight is 511 g/mol. The van der Waals surface area contributed by atoms with Crippen LogP contribution in [0.2, 0.25) is 0 Å². The molecule has 0 aliphatic heterocycles. The van der Waals surface area contributed by atoms with Crippen LogP contribution in [0.3, 0.4) is 0 Å². The molecule has 0 bridgehead atoms. The zero-order valence-corrected chi connectivity index (χ0v) is 19.7. The van der Waals surface area contributed by atoms with E-state index < -0.39 is 0 Å². The normalized spacial score (nSPS) is 10.9. The van der Waals surface area contributed by atoms with Gasteiger partial charge in [-0.25, -0.2) is 0 Å². The van der Waals surface area contributed by atoms with Crippen LogP contribution in [0.25, 0.3) is 0 Å². The Morgan fingerprint density at radius 2 is 1.93 bits per heavy atom. The van der Waals surface area contributed by atoms with Crippen molar-refractivity contribution in [2.75, 3.05) is 20.1 Å². The Morgan fingerprint density at radius 1 is 1.17 bits per heavy atom. The molecular formula is C21H30IN5O2. The minimum Gasteiger partial charge on any atom is -0.491 e. The maximum atomic E-state index is 12.0. The molecule has 7 nitrogen and oxygen atoms in total. The number of aliphatic imine (C=N–C) groups is 1. The van der Waals surface area contributed by atoms with Gasteiger partial charge in [-0.15, -0.1) is 24.0 Å². The molecule has 2 rings (SSSR count). The number of aromatic nitrogens is 1. The molecule has 158 valence electrons. The van der Waals surface area contributed by atoms with Crippen molar-refractivity contribution in [3.63, 3.8) is 0 Å². The first-order valence-corrected chi connectivity index (χ1v) is 9.38. The van der Waals surface area contributed by atoms with E-state index in [1.807, 2.05) is 26.8 Å². The fourth-order valence-electron chi connectivity index (χ4n) is 2.53. The molecule has 0 unspecified atom stereocenters. The summed E-state index contributed by atoms with van der Waals surface area (Å²) in [5.41, 5.74) is 2.76. The summed E-state index contributed by atoms with van der Waals surface area (Å²) in [5.74, 6) is 1.39. The molecule has 0 aliphatic rings. The maximum Gasteiger partial charge on any atom is 0.252 e. The molecule has 0 fully saturated rings. The number of nitrogens with zero attached hydrogens (tertiary/aromatic N) is 2. The molecule has 3 N–H and O–H groups in total. The highest BCUT2D eigenvalue weighted by atomic mass is 127. The summed E-state index contributed by atoms with van der Waals surface area (Å²) in [4.78, 5) is 20.1. The number of pyridine rings is 1. The number of benzene rings is 1. The van der Waals surface area contributed by atoms with Crippen LogP contribution in [0.15, 0.2) is 47.7 Å². The number of carbonyl (C=O) groups is 1. The van der Waals surface area contributed by atoms with E-state index in [0.717, 1.165) is 16.9 Å². The molecule has 0 spiro atoms. The highest BCUT2D eigenvalue weighted by Gasteiger charge is 2.08. The zero-order chi connectivity index (χ0) is 20.4. The van der Waals surface area contributed by atoms with Gasteiger partial charge in [-0.05, 0) is 44.5 Å². The van der Waals surface area contributed by atoms with Gasteiger partial charge in [-0.2, -0.15) is 0 Å². The van der Waals surface area contributed by atoms with E-state index in [1.165, 1.54) is 0 Å². The minimum absolute atomic E-state index is 0. The number of carbonyl (C=O) groups excluding carboxylic acids is 1. The fraction of sp³-hybridized carbons (Fsp3) is 0.381. The molecule has 2 aromatic rings. The number of guanidine groups is 1. The van der Waals surface area contributed by atoms with Gasteiger partial charge >= 0.3 is 0 Å². The topological polar surface area (TPSA) is 87.6 Å². The molecule has 1 heterocycles. The summed E-state index contributed by atoms with van der Waals surface area (Å²) >= 11 is 0. The van der Waals surface area contributed by atoms with Crippen molar-refractivity contribution in [2.24, 2.45) is 4.99 Å². The van der Waals surface area contributed by atoms with E-state index in [9.17, 15) is 4.79 Å². The van der Waals surface area contributed by atoms with Crippen LogP contribution in [0.1, 0.15) is 35.3 Å². The van der Waals surface area contributed by atoms with E-state index in [0.29, 0.717) is 31.2 Å². The van der Waals surface area contributed by atoms with Gasteiger partial charge < -0.3 is 20.7 Å². The molecular weight excluding hydrogens is 481 g/mol. The first-order valence-electron chi connectivity index (χ1n) is 9.38. The molecule has 8 heteroatoms. The lowest BCUT2D eigenvalue weighted by atomic mass is 10.1. The monoisotopic (exact) mass is 511 g/mol. The van der Waals surface area contributed by atoms with Crippen LogP contribution in [-0.4, -0.2) is 43.1 Å². The van der Waals surface area contributed by atoms with Gasteiger partial charge in [0.05, 0.1) is 11.7 Å². The van der Waals surface area contributed by atoms with E-state index in [2.05, 4.69) is 38.1 Å². The number of halogens is 1. The summed E-state index contributed by atoms with van der Waals surface area (Å²) in [6.07, 6.45) is 3.29. The van der Waals surface area contributed by atoms with Crippen molar-refractivity contribution in [3.05, 3.63) is 59.4 Å². The summed E-state index contributed by atoms with van der Waals surface area (Å²) in [7, 11) is 1.71. The standard InChI is InChI=1S/C21H29N5O2.HI/c1-15(2)28-19-12-16(3)7-8-17(19)14-26-21(22-4)25-11-10-24-20(27)18-6-5-9-23-13-18;/h5-9,12-13,15H,10-11,14H2,1-4H3,(H,24,27)(H2,22,25,26);1H. The number of ether oxygens (including phenoxy) is 1. The van der Waals surface area contributed by atoms with Crippen LogP contribution in [-0.2, 0) is 6.54 Å². The number of nitrogens with one attached hydrogen (secondary N) is 3. The lowest BCUT2D eigenvalue weighted by Crippen LogP contribution is -2.41. The Labute approximate surface area is 189 Å². The largest absolute Gasteiger partial charge is 0.491 e. The van der Waals surface area contributed by atoms with Gasteiger partial charge in [-0.3, -0.25) is 14.8 Å². The number of aryl methyl sites for hydroxylation is 1. The van der Waals surface area contributed by atoms with Gasteiger partial charge in [0.1, 0.15) is 5.75 Å². The first-order chi connectivity index (χ1) is 13.5. The molecule has 0 atom stereocenters. The Balaban J connectivity index is 0.00000420. The highest BCUT2D eigenvalue weighted by Crippen LogP contribution is 2.21. The Morgan fingerprint density at radius 3 is 2.59 bits per heavy atom. The molecule has 0 aliphatic carbocycles. The Hall–Kier alpha value is -2.36. The molecule has 0 radical (unpaired) electrons. The molecule has 0 saturated heterocycles. The number of amides is 1. The van der Waals surface area contributed by atoms with E-state index >= 15 is 0 Å². The SMILES string of the molecule is CN=C(NCCNC(=O)c1cccnc1)NCc1ccc(C)cc1OC(C)C.I. The van der Waals surface area contributed by atoms with Crippen LogP contribution in [0, 0.1) is 6.92 Å². The van der Waals surface area contributed by atoms with Crippen LogP contribution < -0.4 is 20.7 Å². The van der Waals surface area contributed by atoms with Crippen LogP contribution in [0.4, 0.5) is 0 Å². The number of hydrogen-bond donors (Lipinski definition) is 3. The smallest absolute Gasteiger partial charge is 0.252 e. The molecule has 1 aromatic heterocycles. The van der Waals surface area contributed by atoms with Crippen molar-refractivity contribution in [2.45, 2.75) is 33.4 Å². The van der Waals surface area contributed by atoms with Crippen molar-refractivity contribution >= 4 is 35.8 Å². The molecule has 1 amide bonds. The van der Waals surface area contributed by atoms with Crippen molar-refractivity contribution < 1.29 is 9.53 Å². The fourth-order valence-corrected chi connectivity index (χ4v) is 2.53. The lowest BCUT2D eigenvalue weighted by Gasteiger charge is -2.17. The van der Waals surface area contributed by atoms with Crippen molar-refractivity contribution in [1.82, 2.24) is 20.9 Å². The third-order valence-corrected chi connectivity index (χ3v) is 3.88. The Bertz CT molecular complexity index is 797. The number of rotatable bonds is 8. The zero-order valence-electron chi connectivity index (χ0n) is 17.4. The van der Waals surface area contributed by atoms with E-state index in [1.54, 1.807) is 31.6 Å².